The average Bonchev–Trinajstić information content (AvgIpc) is 2.84. The molecule has 3 heterocycles. The van der Waals surface area contributed by atoms with Crippen LogP contribution in [0.2, 0.25) is 0 Å². The van der Waals surface area contributed by atoms with E-state index in [1.807, 2.05) is 48.5 Å². The Hall–Kier alpha value is -4.51. The number of pyridine rings is 3. The summed E-state index contributed by atoms with van der Waals surface area (Å²) in [5.41, 5.74) is 20.6. The summed E-state index contributed by atoms with van der Waals surface area (Å²) in [6.45, 7) is 0. The molecular weight excluding hydrogens is 394 g/mol. The summed E-state index contributed by atoms with van der Waals surface area (Å²) in [7, 11) is 0. The molecule has 0 saturated heterocycles. The van der Waals surface area contributed by atoms with Crippen molar-refractivity contribution >= 4 is 11.4 Å². The van der Waals surface area contributed by atoms with E-state index in [0.717, 1.165) is 45.0 Å². The van der Waals surface area contributed by atoms with Crippen LogP contribution in [0.5, 0.6) is 0 Å². The van der Waals surface area contributed by atoms with Gasteiger partial charge in [-0.1, -0.05) is 36.4 Å². The van der Waals surface area contributed by atoms with Crippen molar-refractivity contribution in [2.24, 2.45) is 0 Å². The first-order chi connectivity index (χ1) is 15.7. The van der Waals surface area contributed by atoms with Gasteiger partial charge in [0.25, 0.3) is 0 Å². The fourth-order valence-corrected chi connectivity index (χ4v) is 3.69. The van der Waals surface area contributed by atoms with Crippen LogP contribution in [0.15, 0.2) is 103 Å². The first kappa shape index (κ1) is 19.5. The first-order valence-corrected chi connectivity index (χ1v) is 10.3. The lowest BCUT2D eigenvalue weighted by atomic mass is 9.98. The SMILES string of the molecule is Nc1cc(N)cc(-c2ccc(-c3cc(-c4ccccn4)nc(-c4ccccn4)c3)cc2)c1. The predicted molar refractivity (Wildman–Crippen MR) is 130 cm³/mol. The van der Waals surface area contributed by atoms with Crippen LogP contribution in [0.3, 0.4) is 0 Å². The summed E-state index contributed by atoms with van der Waals surface area (Å²) in [5.74, 6) is 0. The van der Waals surface area contributed by atoms with Crippen LogP contribution < -0.4 is 11.5 Å². The van der Waals surface area contributed by atoms with Crippen molar-refractivity contribution in [1.82, 2.24) is 15.0 Å². The molecule has 2 aromatic carbocycles. The van der Waals surface area contributed by atoms with E-state index in [0.29, 0.717) is 11.4 Å². The summed E-state index contributed by atoms with van der Waals surface area (Å²) in [6.07, 6.45) is 3.55. The lowest BCUT2D eigenvalue weighted by Crippen LogP contribution is -1.94. The summed E-state index contributed by atoms with van der Waals surface area (Å²) in [5, 5.41) is 0. The van der Waals surface area contributed by atoms with Crippen molar-refractivity contribution in [2.45, 2.75) is 0 Å². The lowest BCUT2D eigenvalue weighted by Gasteiger charge is -2.10. The fraction of sp³-hybridized carbons (Fsp3) is 0. The highest BCUT2D eigenvalue weighted by atomic mass is 14.8. The molecule has 0 aliphatic carbocycles. The smallest absolute Gasteiger partial charge is 0.0900 e. The molecule has 4 N–H and O–H groups in total. The number of benzene rings is 2. The van der Waals surface area contributed by atoms with Crippen LogP contribution in [0.1, 0.15) is 0 Å². The number of nitrogens with zero attached hydrogens (tertiary/aromatic N) is 3. The molecule has 5 nitrogen and oxygen atoms in total. The van der Waals surface area contributed by atoms with Crippen LogP contribution in [-0.2, 0) is 0 Å². The Kier molecular flexibility index (Phi) is 5.06. The van der Waals surface area contributed by atoms with Crippen molar-refractivity contribution in [3.63, 3.8) is 0 Å². The molecule has 32 heavy (non-hydrogen) atoms. The van der Waals surface area contributed by atoms with Crippen LogP contribution in [0.4, 0.5) is 11.4 Å². The highest BCUT2D eigenvalue weighted by Crippen LogP contribution is 2.31. The molecule has 0 spiro atoms. The standard InChI is InChI=1S/C27H21N5/c28-22-13-20(14-23(29)17-22)18-7-9-19(10-8-18)21-15-26(24-5-1-3-11-30-24)32-27(16-21)25-6-2-4-12-31-25/h1-17H,28-29H2. The zero-order valence-corrected chi connectivity index (χ0v) is 17.3. The van der Waals surface area contributed by atoms with Crippen molar-refractivity contribution in [2.75, 3.05) is 11.5 Å². The van der Waals surface area contributed by atoms with E-state index < -0.39 is 0 Å². The van der Waals surface area contributed by atoms with E-state index >= 15 is 0 Å². The molecule has 0 bridgehead atoms. The van der Waals surface area contributed by atoms with Crippen molar-refractivity contribution in [1.29, 1.82) is 0 Å². The molecule has 5 heteroatoms. The molecule has 0 aliphatic heterocycles. The van der Waals surface area contributed by atoms with Gasteiger partial charge < -0.3 is 11.5 Å². The van der Waals surface area contributed by atoms with Crippen LogP contribution in [0, 0.1) is 0 Å². The van der Waals surface area contributed by atoms with E-state index in [1.54, 1.807) is 18.5 Å². The number of nitrogens with two attached hydrogens (primary N) is 2. The third-order valence-corrected chi connectivity index (χ3v) is 5.21. The minimum Gasteiger partial charge on any atom is -0.399 e. The number of anilines is 2. The maximum atomic E-state index is 5.96. The summed E-state index contributed by atoms with van der Waals surface area (Å²) in [4.78, 5) is 13.8. The monoisotopic (exact) mass is 415 g/mol. The minimum absolute atomic E-state index is 0.651. The van der Waals surface area contributed by atoms with Gasteiger partial charge in [-0.25, -0.2) is 4.98 Å². The van der Waals surface area contributed by atoms with Crippen molar-refractivity contribution < 1.29 is 0 Å². The molecule has 0 amide bonds. The minimum atomic E-state index is 0.651. The molecule has 154 valence electrons. The summed E-state index contributed by atoms with van der Waals surface area (Å²) in [6, 6.07) is 29.7. The molecule has 5 aromatic rings. The van der Waals surface area contributed by atoms with Gasteiger partial charge in [0.1, 0.15) is 0 Å². The molecule has 0 fully saturated rings. The Morgan fingerprint density at radius 2 is 0.906 bits per heavy atom. The maximum Gasteiger partial charge on any atom is 0.0900 e. The fourth-order valence-electron chi connectivity index (χ4n) is 3.69. The molecule has 0 unspecified atom stereocenters. The van der Waals surface area contributed by atoms with Gasteiger partial charge in [0.05, 0.1) is 22.8 Å². The Morgan fingerprint density at radius 3 is 1.34 bits per heavy atom. The molecule has 0 atom stereocenters. The van der Waals surface area contributed by atoms with Crippen molar-refractivity contribution in [3.8, 4) is 45.0 Å². The van der Waals surface area contributed by atoms with Gasteiger partial charge in [-0.2, -0.15) is 0 Å². The summed E-state index contributed by atoms with van der Waals surface area (Å²) < 4.78 is 0. The quantitative estimate of drug-likeness (QED) is 0.367. The van der Waals surface area contributed by atoms with E-state index in [1.165, 1.54) is 0 Å². The van der Waals surface area contributed by atoms with E-state index in [9.17, 15) is 0 Å². The summed E-state index contributed by atoms with van der Waals surface area (Å²) >= 11 is 0. The van der Waals surface area contributed by atoms with Gasteiger partial charge in [0.15, 0.2) is 0 Å². The Balaban J connectivity index is 1.59. The number of hydrogen-bond donors (Lipinski definition) is 2. The molecule has 5 rings (SSSR count). The highest BCUT2D eigenvalue weighted by Gasteiger charge is 2.10. The number of aromatic nitrogens is 3. The normalized spacial score (nSPS) is 10.8. The largest absolute Gasteiger partial charge is 0.399 e. The number of nitrogen functional groups attached to an aromatic ring is 2. The second-order valence-electron chi connectivity index (χ2n) is 7.52. The zero-order chi connectivity index (χ0) is 21.9. The zero-order valence-electron chi connectivity index (χ0n) is 17.3. The van der Waals surface area contributed by atoms with Gasteiger partial charge in [0.2, 0.25) is 0 Å². The predicted octanol–water partition coefficient (Wildman–Crippen LogP) is 5.70. The van der Waals surface area contributed by atoms with E-state index in [2.05, 4.69) is 46.4 Å². The molecule has 0 aliphatic rings. The Bertz CT molecular complexity index is 1290. The van der Waals surface area contributed by atoms with Gasteiger partial charge in [-0.05, 0) is 76.9 Å². The van der Waals surface area contributed by atoms with Crippen LogP contribution in [-0.4, -0.2) is 15.0 Å². The maximum absolute atomic E-state index is 5.96. The Labute approximate surface area is 186 Å². The van der Waals surface area contributed by atoms with E-state index in [4.69, 9.17) is 16.5 Å². The van der Waals surface area contributed by atoms with Gasteiger partial charge in [-0.15, -0.1) is 0 Å². The van der Waals surface area contributed by atoms with Crippen LogP contribution in [0.25, 0.3) is 45.0 Å². The van der Waals surface area contributed by atoms with Gasteiger partial charge in [-0.3, -0.25) is 9.97 Å². The Morgan fingerprint density at radius 1 is 0.438 bits per heavy atom. The van der Waals surface area contributed by atoms with Crippen molar-refractivity contribution in [3.05, 3.63) is 103 Å². The molecule has 0 radical (unpaired) electrons. The average molecular weight is 416 g/mol. The third kappa shape index (κ3) is 4.04. The van der Waals surface area contributed by atoms with Gasteiger partial charge in [0, 0.05) is 23.8 Å². The number of rotatable bonds is 4. The third-order valence-electron chi connectivity index (χ3n) is 5.21. The van der Waals surface area contributed by atoms with E-state index in [-0.39, 0.29) is 0 Å². The second kappa shape index (κ2) is 8.32. The van der Waals surface area contributed by atoms with Gasteiger partial charge >= 0.3 is 0 Å². The number of hydrogen-bond acceptors (Lipinski definition) is 5. The van der Waals surface area contributed by atoms with Crippen LogP contribution >= 0.6 is 0 Å². The first-order valence-electron chi connectivity index (χ1n) is 10.3. The molecular formula is C27H21N5. The lowest BCUT2D eigenvalue weighted by molar-refractivity contribution is 1.22. The second-order valence-corrected chi connectivity index (χ2v) is 7.52. The topological polar surface area (TPSA) is 90.7 Å². The molecule has 3 aromatic heterocycles. The highest BCUT2D eigenvalue weighted by molar-refractivity contribution is 5.78. The molecule has 0 saturated carbocycles.